The number of hydrogen-bond acceptors (Lipinski definition) is 2. The first kappa shape index (κ1) is 17.0. The summed E-state index contributed by atoms with van der Waals surface area (Å²) in [6, 6.07) is 15.8. The molecule has 0 fully saturated rings. The van der Waals surface area contributed by atoms with Gasteiger partial charge in [-0.25, -0.2) is 4.68 Å². The molecule has 0 spiro atoms. The van der Waals surface area contributed by atoms with Gasteiger partial charge in [0, 0.05) is 11.8 Å². The third kappa shape index (κ3) is 3.48. The van der Waals surface area contributed by atoms with Crippen LogP contribution in [-0.2, 0) is 0 Å². The van der Waals surface area contributed by atoms with Crippen molar-refractivity contribution in [1.82, 2.24) is 9.78 Å². The van der Waals surface area contributed by atoms with Crippen LogP contribution in [0.15, 0.2) is 54.7 Å². The van der Waals surface area contributed by atoms with Crippen LogP contribution in [0.25, 0.3) is 16.8 Å². The quantitative estimate of drug-likeness (QED) is 0.749. The highest BCUT2D eigenvalue weighted by Crippen LogP contribution is 2.30. The number of primary amides is 1. The summed E-state index contributed by atoms with van der Waals surface area (Å²) in [5, 5.41) is 4.58. The van der Waals surface area contributed by atoms with Crippen LogP contribution in [0, 0.1) is 6.92 Å². The van der Waals surface area contributed by atoms with Crippen molar-refractivity contribution in [3.05, 3.63) is 71.5 Å². The maximum Gasteiger partial charge on any atom is 0.248 e. The number of hydrogen-bond donors (Lipinski definition) is 1. The average Bonchev–Trinajstić information content (AvgIpc) is 3.07. The second-order valence-electron chi connectivity index (χ2n) is 6.43. The Kier molecular flexibility index (Phi) is 4.70. The van der Waals surface area contributed by atoms with Gasteiger partial charge in [0.1, 0.15) is 0 Å². The van der Waals surface area contributed by atoms with Crippen molar-refractivity contribution < 1.29 is 4.79 Å². The summed E-state index contributed by atoms with van der Waals surface area (Å²) in [4.78, 5) is 11.5. The molecule has 1 amide bonds. The Labute approximate surface area is 148 Å². The summed E-state index contributed by atoms with van der Waals surface area (Å²) >= 11 is 0. The first-order chi connectivity index (χ1) is 12.0. The van der Waals surface area contributed by atoms with Crippen LogP contribution < -0.4 is 5.73 Å². The molecular formula is C21H23N3O. The van der Waals surface area contributed by atoms with Crippen molar-refractivity contribution >= 4 is 5.91 Å². The van der Waals surface area contributed by atoms with E-state index in [1.165, 1.54) is 5.56 Å². The lowest BCUT2D eigenvalue weighted by molar-refractivity contribution is 0.100. The molecule has 2 aromatic carbocycles. The second kappa shape index (κ2) is 6.93. The van der Waals surface area contributed by atoms with Crippen LogP contribution in [0.3, 0.4) is 0 Å². The molecule has 1 heterocycles. The summed E-state index contributed by atoms with van der Waals surface area (Å²) < 4.78 is 1.93. The smallest absolute Gasteiger partial charge is 0.248 e. The predicted octanol–water partition coefficient (Wildman–Crippen LogP) is 4.46. The lowest BCUT2D eigenvalue weighted by atomic mass is 9.93. The number of amides is 1. The number of nitrogens with zero attached hydrogens (tertiary/aromatic N) is 2. The monoisotopic (exact) mass is 333 g/mol. The molecule has 1 atom stereocenters. The molecular weight excluding hydrogens is 310 g/mol. The van der Waals surface area contributed by atoms with E-state index in [0.717, 1.165) is 28.9 Å². The zero-order valence-corrected chi connectivity index (χ0v) is 14.9. The third-order valence-corrected chi connectivity index (χ3v) is 4.62. The van der Waals surface area contributed by atoms with Gasteiger partial charge in [0.05, 0.1) is 11.4 Å². The summed E-state index contributed by atoms with van der Waals surface area (Å²) in [6.07, 6.45) is 3.05. The van der Waals surface area contributed by atoms with Crippen molar-refractivity contribution in [3.8, 4) is 16.8 Å². The topological polar surface area (TPSA) is 60.9 Å². The number of carbonyl (C=O) groups excluding carboxylic acids is 1. The van der Waals surface area contributed by atoms with Crippen LogP contribution in [0.1, 0.15) is 47.8 Å². The third-order valence-electron chi connectivity index (χ3n) is 4.62. The number of nitrogens with two attached hydrogens (primary N) is 1. The Hall–Kier alpha value is -2.88. The van der Waals surface area contributed by atoms with Gasteiger partial charge in [0.15, 0.2) is 0 Å². The molecule has 3 rings (SSSR count). The zero-order chi connectivity index (χ0) is 18.0. The van der Waals surface area contributed by atoms with Crippen LogP contribution in [-0.4, -0.2) is 15.7 Å². The van der Waals surface area contributed by atoms with Crippen LogP contribution >= 0.6 is 0 Å². The Bertz CT molecular complexity index is 911. The van der Waals surface area contributed by atoms with Crippen LogP contribution in [0.5, 0.6) is 0 Å². The van der Waals surface area contributed by atoms with Gasteiger partial charge in [-0.1, -0.05) is 38.1 Å². The van der Waals surface area contributed by atoms with Crippen molar-refractivity contribution in [2.75, 3.05) is 0 Å². The normalized spacial score (nSPS) is 12.1. The lowest BCUT2D eigenvalue weighted by Gasteiger charge is -2.17. The second-order valence-corrected chi connectivity index (χ2v) is 6.43. The molecule has 0 aliphatic carbocycles. The lowest BCUT2D eigenvalue weighted by Crippen LogP contribution is -2.10. The molecule has 1 aromatic heterocycles. The number of aryl methyl sites for hydroxylation is 1. The van der Waals surface area contributed by atoms with Gasteiger partial charge >= 0.3 is 0 Å². The highest BCUT2D eigenvalue weighted by atomic mass is 16.1. The molecule has 0 radical (unpaired) electrons. The summed E-state index contributed by atoms with van der Waals surface area (Å²) in [6.45, 7) is 6.40. The Morgan fingerprint density at radius 1 is 1.16 bits per heavy atom. The Balaban J connectivity index is 2.14. The van der Waals surface area contributed by atoms with E-state index in [2.05, 4.69) is 37.1 Å². The molecule has 3 aromatic rings. The number of carbonyl (C=O) groups is 1. The molecule has 25 heavy (non-hydrogen) atoms. The molecule has 2 N–H and O–H groups in total. The summed E-state index contributed by atoms with van der Waals surface area (Å²) in [5.41, 5.74) is 11.3. The van der Waals surface area contributed by atoms with E-state index < -0.39 is 5.91 Å². The van der Waals surface area contributed by atoms with Gasteiger partial charge in [-0.15, -0.1) is 0 Å². The predicted molar refractivity (Wildman–Crippen MR) is 101 cm³/mol. The fourth-order valence-electron chi connectivity index (χ4n) is 2.96. The van der Waals surface area contributed by atoms with Gasteiger partial charge in [-0.05, 0) is 60.2 Å². The molecule has 128 valence electrons. The SMILES string of the molecule is CCC(C)c1ccc(-c2cccc(C(N)=O)c2)cc1-n1ccc(C)n1. The highest BCUT2D eigenvalue weighted by Gasteiger charge is 2.13. The van der Waals surface area contributed by atoms with Gasteiger partial charge < -0.3 is 5.73 Å². The van der Waals surface area contributed by atoms with E-state index in [9.17, 15) is 4.79 Å². The van der Waals surface area contributed by atoms with Crippen molar-refractivity contribution in [1.29, 1.82) is 0 Å². The van der Waals surface area contributed by atoms with Crippen molar-refractivity contribution in [2.24, 2.45) is 5.73 Å². The van der Waals surface area contributed by atoms with Crippen LogP contribution in [0.2, 0.25) is 0 Å². The van der Waals surface area contributed by atoms with E-state index in [1.807, 2.05) is 42.1 Å². The fourth-order valence-corrected chi connectivity index (χ4v) is 2.96. The maximum absolute atomic E-state index is 11.5. The molecule has 0 saturated heterocycles. The van der Waals surface area contributed by atoms with E-state index in [-0.39, 0.29) is 0 Å². The molecule has 0 saturated carbocycles. The van der Waals surface area contributed by atoms with Gasteiger partial charge in [0.2, 0.25) is 5.91 Å². The summed E-state index contributed by atoms with van der Waals surface area (Å²) in [5.74, 6) is 0.0199. The van der Waals surface area contributed by atoms with E-state index in [1.54, 1.807) is 6.07 Å². The molecule has 0 bridgehead atoms. The fraction of sp³-hybridized carbons (Fsp3) is 0.238. The van der Waals surface area contributed by atoms with Crippen LogP contribution in [0.4, 0.5) is 0 Å². The van der Waals surface area contributed by atoms with E-state index in [0.29, 0.717) is 11.5 Å². The standard InChI is InChI=1S/C21H23N3O/c1-4-14(2)19-9-8-17(13-20(19)24-11-10-15(3)23-24)16-6-5-7-18(12-16)21(22)25/h5-14H,4H2,1-3H3,(H2,22,25). The molecule has 1 unspecified atom stereocenters. The number of benzene rings is 2. The summed E-state index contributed by atoms with van der Waals surface area (Å²) in [7, 11) is 0. The Morgan fingerprint density at radius 2 is 1.92 bits per heavy atom. The van der Waals surface area contributed by atoms with Crippen molar-refractivity contribution in [3.63, 3.8) is 0 Å². The highest BCUT2D eigenvalue weighted by molar-refractivity contribution is 5.94. The number of aromatic nitrogens is 2. The first-order valence-electron chi connectivity index (χ1n) is 8.56. The van der Waals surface area contributed by atoms with Gasteiger partial charge in [-0.3, -0.25) is 4.79 Å². The molecule has 4 nitrogen and oxygen atoms in total. The minimum absolute atomic E-state index is 0.416. The molecule has 4 heteroatoms. The largest absolute Gasteiger partial charge is 0.366 e. The number of rotatable bonds is 5. The zero-order valence-electron chi connectivity index (χ0n) is 14.9. The van der Waals surface area contributed by atoms with E-state index >= 15 is 0 Å². The Morgan fingerprint density at radius 3 is 2.56 bits per heavy atom. The maximum atomic E-state index is 11.5. The van der Waals surface area contributed by atoms with Gasteiger partial charge in [-0.2, -0.15) is 5.10 Å². The molecule has 0 aliphatic rings. The van der Waals surface area contributed by atoms with Crippen molar-refractivity contribution in [2.45, 2.75) is 33.1 Å². The van der Waals surface area contributed by atoms with Gasteiger partial charge in [0.25, 0.3) is 0 Å². The minimum atomic E-state index is -0.416. The average molecular weight is 333 g/mol. The first-order valence-corrected chi connectivity index (χ1v) is 8.56. The molecule has 0 aliphatic heterocycles. The minimum Gasteiger partial charge on any atom is -0.366 e. The van der Waals surface area contributed by atoms with E-state index in [4.69, 9.17) is 5.73 Å².